The first-order chi connectivity index (χ1) is 11.7. The predicted octanol–water partition coefficient (Wildman–Crippen LogP) is 1.09. The summed E-state index contributed by atoms with van der Waals surface area (Å²) in [7, 11) is 0. The molecule has 1 aromatic rings. The lowest BCUT2D eigenvalue weighted by Crippen LogP contribution is -2.65. The number of amides is 1. The summed E-state index contributed by atoms with van der Waals surface area (Å²) in [6, 6.07) is 8.63. The van der Waals surface area contributed by atoms with Crippen molar-refractivity contribution in [3.63, 3.8) is 0 Å². The molecule has 3 heterocycles. The first-order valence-electron chi connectivity index (χ1n) is 9.20. The fourth-order valence-electron chi connectivity index (χ4n) is 4.06. The molecule has 1 amide bonds. The minimum Gasteiger partial charge on any atom is -0.492 e. The van der Waals surface area contributed by atoms with Crippen LogP contribution in [0.3, 0.4) is 0 Å². The number of benzene rings is 1. The minimum atomic E-state index is -0.0159. The molecule has 3 aliphatic heterocycles. The molecule has 4 rings (SSSR count). The summed E-state index contributed by atoms with van der Waals surface area (Å²) in [5.74, 6) is 1.20. The summed E-state index contributed by atoms with van der Waals surface area (Å²) >= 11 is 0. The van der Waals surface area contributed by atoms with Crippen LogP contribution in [0.15, 0.2) is 24.3 Å². The van der Waals surface area contributed by atoms with Crippen LogP contribution in [0.5, 0.6) is 5.75 Å². The summed E-state index contributed by atoms with van der Waals surface area (Å²) in [5.41, 5.74) is 1.16. The smallest absolute Gasteiger partial charge is 0.229 e. The van der Waals surface area contributed by atoms with E-state index in [-0.39, 0.29) is 11.8 Å². The van der Waals surface area contributed by atoms with Crippen LogP contribution >= 0.6 is 0 Å². The maximum Gasteiger partial charge on any atom is 0.229 e. The average Bonchev–Trinajstić information content (AvgIpc) is 2.60. The summed E-state index contributed by atoms with van der Waals surface area (Å²) in [4.78, 5) is 19.8. The quantitative estimate of drug-likeness (QED) is 0.832. The number of likely N-dealkylation sites (tertiary alicyclic amines) is 1. The van der Waals surface area contributed by atoms with Crippen molar-refractivity contribution in [2.75, 3.05) is 52.4 Å². The highest BCUT2D eigenvalue weighted by atomic mass is 16.5. The second-order valence-electron chi connectivity index (χ2n) is 7.19. The molecule has 0 N–H and O–H groups in total. The lowest BCUT2D eigenvalue weighted by Gasteiger charge is -2.49. The van der Waals surface area contributed by atoms with Crippen molar-refractivity contribution in [1.82, 2.24) is 14.7 Å². The van der Waals surface area contributed by atoms with Crippen molar-refractivity contribution in [2.24, 2.45) is 5.92 Å². The third-order valence-electron chi connectivity index (χ3n) is 5.77. The average molecular weight is 329 g/mol. The number of para-hydroxylation sites is 1. The molecule has 3 aliphatic rings. The van der Waals surface area contributed by atoms with Crippen molar-refractivity contribution in [1.29, 1.82) is 0 Å². The third-order valence-corrected chi connectivity index (χ3v) is 5.77. The van der Waals surface area contributed by atoms with Gasteiger partial charge in [0.15, 0.2) is 0 Å². The maximum atomic E-state index is 12.7. The van der Waals surface area contributed by atoms with E-state index in [1.807, 2.05) is 23.1 Å². The molecule has 0 spiro atoms. The van der Waals surface area contributed by atoms with Gasteiger partial charge in [-0.15, -0.1) is 0 Å². The Kier molecular flexibility index (Phi) is 4.46. The van der Waals surface area contributed by atoms with Crippen LogP contribution in [0.1, 0.15) is 12.5 Å². The molecule has 0 saturated carbocycles. The fraction of sp³-hybridized carbons (Fsp3) is 0.632. The van der Waals surface area contributed by atoms with Crippen molar-refractivity contribution >= 4 is 5.91 Å². The van der Waals surface area contributed by atoms with Crippen LogP contribution in [0, 0.1) is 5.92 Å². The second kappa shape index (κ2) is 6.73. The number of piperazine rings is 1. The van der Waals surface area contributed by atoms with E-state index in [0.29, 0.717) is 12.6 Å². The van der Waals surface area contributed by atoms with Gasteiger partial charge in [0, 0.05) is 45.3 Å². The number of hydrogen-bond donors (Lipinski definition) is 0. The molecule has 1 atom stereocenters. The van der Waals surface area contributed by atoms with E-state index >= 15 is 0 Å². The molecular weight excluding hydrogens is 302 g/mol. The molecule has 2 saturated heterocycles. The zero-order valence-corrected chi connectivity index (χ0v) is 14.5. The maximum absolute atomic E-state index is 12.7. The Morgan fingerprint density at radius 3 is 2.67 bits per heavy atom. The highest BCUT2D eigenvalue weighted by Crippen LogP contribution is 2.29. The van der Waals surface area contributed by atoms with E-state index in [0.717, 1.165) is 63.5 Å². The molecule has 0 radical (unpaired) electrons. The van der Waals surface area contributed by atoms with E-state index in [1.54, 1.807) is 0 Å². The van der Waals surface area contributed by atoms with Gasteiger partial charge in [-0.2, -0.15) is 0 Å². The number of hydrogen-bond acceptors (Lipinski definition) is 4. The van der Waals surface area contributed by atoms with Crippen LogP contribution in [-0.2, 0) is 11.2 Å². The molecule has 5 heteroatoms. The van der Waals surface area contributed by atoms with Crippen molar-refractivity contribution < 1.29 is 9.53 Å². The van der Waals surface area contributed by atoms with Gasteiger partial charge in [-0.05, 0) is 24.6 Å². The fourth-order valence-corrected chi connectivity index (χ4v) is 4.06. The lowest BCUT2D eigenvalue weighted by molar-refractivity contribution is -0.145. The van der Waals surface area contributed by atoms with Gasteiger partial charge in [-0.25, -0.2) is 0 Å². The predicted molar refractivity (Wildman–Crippen MR) is 93.2 cm³/mol. The molecule has 1 aromatic carbocycles. The van der Waals surface area contributed by atoms with Gasteiger partial charge >= 0.3 is 0 Å². The van der Waals surface area contributed by atoms with E-state index < -0.39 is 0 Å². The van der Waals surface area contributed by atoms with Gasteiger partial charge in [0.2, 0.25) is 5.91 Å². The molecule has 0 aliphatic carbocycles. The first-order valence-corrected chi connectivity index (χ1v) is 9.20. The number of rotatable bonds is 3. The summed E-state index contributed by atoms with van der Waals surface area (Å²) in [6.45, 7) is 10.3. The Bertz CT molecular complexity index is 592. The first kappa shape index (κ1) is 15.9. The van der Waals surface area contributed by atoms with Gasteiger partial charge in [-0.1, -0.05) is 25.1 Å². The lowest BCUT2D eigenvalue weighted by atomic mass is 9.93. The molecule has 1 unspecified atom stereocenters. The molecule has 130 valence electrons. The number of nitrogens with zero attached hydrogens (tertiary/aromatic N) is 3. The monoisotopic (exact) mass is 329 g/mol. The summed E-state index contributed by atoms with van der Waals surface area (Å²) < 4.78 is 5.78. The van der Waals surface area contributed by atoms with Gasteiger partial charge in [-0.3, -0.25) is 9.69 Å². The van der Waals surface area contributed by atoms with Gasteiger partial charge < -0.3 is 14.5 Å². The Morgan fingerprint density at radius 1 is 1.17 bits per heavy atom. The highest BCUT2D eigenvalue weighted by Gasteiger charge is 2.39. The van der Waals surface area contributed by atoms with Crippen molar-refractivity contribution in [2.45, 2.75) is 19.4 Å². The normalized spacial score (nSPS) is 25.7. The summed E-state index contributed by atoms with van der Waals surface area (Å²) in [5, 5.41) is 0. The second-order valence-corrected chi connectivity index (χ2v) is 7.19. The number of fused-ring (bicyclic) bond motifs is 1. The zero-order chi connectivity index (χ0) is 16.5. The number of carbonyl (C=O) groups excluding carboxylic acids is 1. The zero-order valence-electron chi connectivity index (χ0n) is 14.5. The Morgan fingerprint density at radius 2 is 1.92 bits per heavy atom. The molecule has 5 nitrogen and oxygen atoms in total. The largest absolute Gasteiger partial charge is 0.492 e. The van der Waals surface area contributed by atoms with Crippen LogP contribution in [0.25, 0.3) is 0 Å². The number of ether oxygens (including phenoxy) is 1. The topological polar surface area (TPSA) is 36.0 Å². The van der Waals surface area contributed by atoms with Crippen LogP contribution in [-0.4, -0.2) is 79.1 Å². The summed E-state index contributed by atoms with van der Waals surface area (Å²) in [6.07, 6.45) is 0.811. The van der Waals surface area contributed by atoms with Gasteiger partial charge in [0.25, 0.3) is 0 Å². The van der Waals surface area contributed by atoms with Gasteiger partial charge in [0.1, 0.15) is 12.4 Å². The van der Waals surface area contributed by atoms with Crippen LogP contribution < -0.4 is 4.74 Å². The van der Waals surface area contributed by atoms with E-state index in [1.165, 1.54) is 0 Å². The molecule has 24 heavy (non-hydrogen) atoms. The minimum absolute atomic E-state index is 0.0159. The number of carbonyl (C=O) groups is 1. The highest BCUT2D eigenvalue weighted by molar-refractivity contribution is 5.80. The standard InChI is InChI=1S/C19H27N3O2/c1-2-20-7-9-21(10-8-20)17-12-22(13-17)19(23)16-11-15-5-3-4-6-18(15)24-14-16/h3-6,16-17H,2,7-14H2,1H3. The molecular formula is C19H27N3O2. The number of likely N-dealkylation sites (N-methyl/N-ethyl adjacent to an activating group) is 1. The Labute approximate surface area is 144 Å². The van der Waals surface area contributed by atoms with E-state index in [9.17, 15) is 4.79 Å². The van der Waals surface area contributed by atoms with Crippen LogP contribution in [0.4, 0.5) is 0 Å². The van der Waals surface area contributed by atoms with Crippen molar-refractivity contribution in [3.8, 4) is 5.75 Å². The van der Waals surface area contributed by atoms with E-state index in [4.69, 9.17) is 4.74 Å². The SMILES string of the molecule is CCN1CCN(C2CN(C(=O)C3COc4ccccc4C3)C2)CC1. The van der Waals surface area contributed by atoms with E-state index in [2.05, 4.69) is 22.8 Å². The van der Waals surface area contributed by atoms with Crippen LogP contribution in [0.2, 0.25) is 0 Å². The Hall–Kier alpha value is -1.59. The Balaban J connectivity index is 1.28. The third kappa shape index (κ3) is 3.03. The van der Waals surface area contributed by atoms with Gasteiger partial charge in [0.05, 0.1) is 5.92 Å². The molecule has 0 bridgehead atoms. The van der Waals surface area contributed by atoms with Crippen molar-refractivity contribution in [3.05, 3.63) is 29.8 Å². The molecule has 2 fully saturated rings. The molecule has 0 aromatic heterocycles.